The predicted octanol–water partition coefficient (Wildman–Crippen LogP) is 0.130. The molecule has 1 spiro atoms. The predicted molar refractivity (Wildman–Crippen MR) is 63.6 cm³/mol. The van der Waals surface area contributed by atoms with Gasteiger partial charge in [-0.1, -0.05) is 0 Å². The van der Waals surface area contributed by atoms with Gasteiger partial charge in [-0.2, -0.15) is 0 Å². The first-order valence-corrected chi connectivity index (χ1v) is 6.27. The number of rotatable bonds is 2. The van der Waals surface area contributed by atoms with E-state index in [1.165, 1.54) is 0 Å². The molecule has 0 aliphatic carbocycles. The van der Waals surface area contributed by atoms with Gasteiger partial charge in [-0.3, -0.25) is 4.79 Å². The Hall–Kier alpha value is -0.650. The highest BCUT2D eigenvalue weighted by Gasteiger charge is 2.44. The molecule has 2 aliphatic heterocycles. The summed E-state index contributed by atoms with van der Waals surface area (Å²) in [6.07, 6.45) is 2.98. The number of carbonyl (C=O) groups excluding carboxylic acids is 1. The maximum atomic E-state index is 11.8. The molecule has 2 heterocycles. The van der Waals surface area contributed by atoms with E-state index in [9.17, 15) is 4.79 Å². The number of likely N-dealkylation sites (tertiary alicyclic amines) is 1. The molecule has 0 aromatic rings. The number of ether oxygens (including phenoxy) is 2. The van der Waals surface area contributed by atoms with Crippen LogP contribution < -0.4 is 5.73 Å². The van der Waals surface area contributed by atoms with Gasteiger partial charge in [0.15, 0.2) is 0 Å². The Morgan fingerprint density at radius 2 is 2.41 bits per heavy atom. The van der Waals surface area contributed by atoms with Crippen LogP contribution in [-0.2, 0) is 14.3 Å². The lowest BCUT2D eigenvalue weighted by atomic mass is 9.91. The monoisotopic (exact) mass is 242 g/mol. The highest BCUT2D eigenvalue weighted by atomic mass is 16.5. The van der Waals surface area contributed by atoms with E-state index in [1.54, 1.807) is 14.0 Å². The number of nitrogens with two attached hydrogens (primary N) is 1. The summed E-state index contributed by atoms with van der Waals surface area (Å²) < 4.78 is 11.3. The van der Waals surface area contributed by atoms with Gasteiger partial charge in [0.05, 0.1) is 17.7 Å². The van der Waals surface area contributed by atoms with Crippen molar-refractivity contribution < 1.29 is 14.3 Å². The molecule has 1 amide bonds. The minimum Gasteiger partial charge on any atom is -0.381 e. The van der Waals surface area contributed by atoms with E-state index in [2.05, 4.69) is 0 Å². The third-order valence-electron chi connectivity index (χ3n) is 3.80. The van der Waals surface area contributed by atoms with Crippen LogP contribution in [0.2, 0.25) is 0 Å². The van der Waals surface area contributed by atoms with Crippen molar-refractivity contribution in [3.8, 4) is 0 Å². The summed E-state index contributed by atoms with van der Waals surface area (Å²) in [6, 6.07) is -0.424. The van der Waals surface area contributed by atoms with Crippen LogP contribution in [0.1, 0.15) is 26.2 Å². The van der Waals surface area contributed by atoms with Gasteiger partial charge in [-0.15, -0.1) is 0 Å². The van der Waals surface area contributed by atoms with Gasteiger partial charge in [0.25, 0.3) is 0 Å². The summed E-state index contributed by atoms with van der Waals surface area (Å²) >= 11 is 0. The highest BCUT2D eigenvalue weighted by Crippen LogP contribution is 2.35. The molecular weight excluding hydrogens is 220 g/mol. The Morgan fingerprint density at radius 1 is 1.65 bits per heavy atom. The zero-order chi connectivity index (χ0) is 12.5. The Bertz CT molecular complexity index is 295. The number of hydrogen-bond donors (Lipinski definition) is 1. The molecule has 0 bridgehead atoms. The smallest absolute Gasteiger partial charge is 0.239 e. The third kappa shape index (κ3) is 2.61. The van der Waals surface area contributed by atoms with Crippen LogP contribution in [0.4, 0.5) is 0 Å². The summed E-state index contributed by atoms with van der Waals surface area (Å²) in [7, 11) is 1.74. The van der Waals surface area contributed by atoms with E-state index in [0.717, 1.165) is 32.4 Å². The van der Waals surface area contributed by atoms with Crippen LogP contribution in [-0.4, -0.2) is 55.4 Å². The number of carbonyl (C=O) groups is 1. The first kappa shape index (κ1) is 12.8. The lowest BCUT2D eigenvalue weighted by Crippen LogP contribution is -2.47. The molecule has 0 radical (unpaired) electrons. The molecule has 2 rings (SSSR count). The minimum atomic E-state index is -0.424. The maximum absolute atomic E-state index is 11.8. The Balaban J connectivity index is 1.98. The van der Waals surface area contributed by atoms with Crippen molar-refractivity contribution >= 4 is 5.91 Å². The number of methoxy groups -OCH3 is 1. The Labute approximate surface area is 102 Å². The molecule has 0 unspecified atom stereocenters. The fourth-order valence-electron chi connectivity index (χ4n) is 2.79. The van der Waals surface area contributed by atoms with Crippen molar-refractivity contribution in [1.82, 2.24) is 4.90 Å². The largest absolute Gasteiger partial charge is 0.381 e. The van der Waals surface area contributed by atoms with Crippen LogP contribution in [0.15, 0.2) is 0 Å². The van der Waals surface area contributed by atoms with Crippen LogP contribution in [0.5, 0.6) is 0 Å². The molecule has 2 N–H and O–H groups in total. The highest BCUT2D eigenvalue weighted by molar-refractivity contribution is 5.81. The van der Waals surface area contributed by atoms with Gasteiger partial charge in [0.2, 0.25) is 5.91 Å². The second kappa shape index (κ2) is 4.92. The Morgan fingerprint density at radius 3 is 3.06 bits per heavy atom. The van der Waals surface area contributed by atoms with Crippen molar-refractivity contribution in [2.24, 2.45) is 5.73 Å². The van der Waals surface area contributed by atoms with E-state index in [0.29, 0.717) is 6.54 Å². The van der Waals surface area contributed by atoms with Crippen molar-refractivity contribution in [3.05, 3.63) is 0 Å². The van der Waals surface area contributed by atoms with Crippen molar-refractivity contribution in [1.29, 1.82) is 0 Å². The molecule has 5 nitrogen and oxygen atoms in total. The van der Waals surface area contributed by atoms with Gasteiger partial charge in [-0.25, -0.2) is 0 Å². The summed E-state index contributed by atoms with van der Waals surface area (Å²) in [5.74, 6) is 0.0185. The molecule has 0 saturated carbocycles. The summed E-state index contributed by atoms with van der Waals surface area (Å²) in [6.45, 7) is 3.86. The molecular formula is C12H22N2O3. The normalized spacial score (nSPS) is 35.2. The zero-order valence-electron chi connectivity index (χ0n) is 10.6. The summed E-state index contributed by atoms with van der Waals surface area (Å²) in [4.78, 5) is 13.7. The van der Waals surface area contributed by atoms with E-state index in [1.807, 2.05) is 4.90 Å². The second-order valence-electron chi connectivity index (χ2n) is 5.18. The lowest BCUT2D eigenvalue weighted by molar-refractivity contribution is -0.138. The molecule has 2 aliphatic rings. The van der Waals surface area contributed by atoms with Crippen LogP contribution in [0, 0.1) is 0 Å². The molecule has 0 aromatic carbocycles. The standard InChI is InChI=1S/C12H22N2O3/c1-9(13)11(15)14-5-4-12(8-14)7-10(16-2)3-6-17-12/h9-10H,3-8,13H2,1-2H3/t9-,10+,12+/m0/s1. The molecule has 5 heteroatoms. The van der Waals surface area contributed by atoms with E-state index < -0.39 is 6.04 Å². The third-order valence-corrected chi connectivity index (χ3v) is 3.80. The summed E-state index contributed by atoms with van der Waals surface area (Å²) in [5.41, 5.74) is 5.44. The number of amides is 1. The van der Waals surface area contributed by atoms with Crippen LogP contribution in [0.25, 0.3) is 0 Å². The van der Waals surface area contributed by atoms with Gasteiger partial charge < -0.3 is 20.1 Å². The first-order chi connectivity index (χ1) is 8.06. The minimum absolute atomic E-state index is 0.0185. The SMILES string of the molecule is CO[C@@H]1CCO[C@]2(CCN(C(=O)[C@H](C)N)C2)C1. The van der Waals surface area contributed by atoms with Crippen molar-refractivity contribution in [2.75, 3.05) is 26.8 Å². The number of hydrogen-bond acceptors (Lipinski definition) is 4. The van der Waals surface area contributed by atoms with Gasteiger partial charge in [0.1, 0.15) is 0 Å². The van der Waals surface area contributed by atoms with Crippen molar-refractivity contribution in [3.63, 3.8) is 0 Å². The maximum Gasteiger partial charge on any atom is 0.239 e. The average Bonchev–Trinajstić information content (AvgIpc) is 2.71. The second-order valence-corrected chi connectivity index (χ2v) is 5.18. The van der Waals surface area contributed by atoms with Crippen LogP contribution in [0.3, 0.4) is 0 Å². The molecule has 17 heavy (non-hydrogen) atoms. The molecule has 2 fully saturated rings. The first-order valence-electron chi connectivity index (χ1n) is 6.27. The van der Waals surface area contributed by atoms with E-state index >= 15 is 0 Å². The fourth-order valence-corrected chi connectivity index (χ4v) is 2.79. The van der Waals surface area contributed by atoms with Crippen LogP contribution >= 0.6 is 0 Å². The average molecular weight is 242 g/mol. The van der Waals surface area contributed by atoms with Gasteiger partial charge >= 0.3 is 0 Å². The molecule has 98 valence electrons. The van der Waals surface area contributed by atoms with Crippen molar-refractivity contribution in [2.45, 2.75) is 43.9 Å². The Kier molecular flexibility index (Phi) is 3.70. The molecule has 2 saturated heterocycles. The lowest BCUT2D eigenvalue weighted by Gasteiger charge is -2.37. The topological polar surface area (TPSA) is 64.8 Å². The number of nitrogens with zero attached hydrogens (tertiary/aromatic N) is 1. The van der Waals surface area contributed by atoms with E-state index in [4.69, 9.17) is 15.2 Å². The fraction of sp³-hybridized carbons (Fsp3) is 0.917. The molecule has 3 atom stereocenters. The van der Waals surface area contributed by atoms with E-state index in [-0.39, 0.29) is 17.6 Å². The summed E-state index contributed by atoms with van der Waals surface area (Å²) in [5, 5.41) is 0. The zero-order valence-corrected chi connectivity index (χ0v) is 10.6. The quantitative estimate of drug-likeness (QED) is 0.747. The van der Waals surface area contributed by atoms with Gasteiger partial charge in [-0.05, 0) is 19.8 Å². The van der Waals surface area contributed by atoms with Gasteiger partial charge in [0, 0.05) is 33.2 Å². The molecule has 0 aromatic heterocycles.